The summed E-state index contributed by atoms with van der Waals surface area (Å²) in [5.41, 5.74) is 1.31. The van der Waals surface area contributed by atoms with Crippen molar-refractivity contribution in [3.8, 4) is 11.5 Å². The van der Waals surface area contributed by atoms with Crippen LogP contribution in [0.3, 0.4) is 0 Å². The molecule has 2 aliphatic rings. The summed E-state index contributed by atoms with van der Waals surface area (Å²) in [6.07, 6.45) is 1.51. The maximum Gasteiger partial charge on any atom is 0.253 e. The monoisotopic (exact) mass is 372 g/mol. The molecule has 0 spiro atoms. The van der Waals surface area contributed by atoms with E-state index in [0.717, 1.165) is 12.8 Å². The third-order valence-corrected chi connectivity index (χ3v) is 5.37. The fourth-order valence-corrected chi connectivity index (χ4v) is 3.88. The van der Waals surface area contributed by atoms with Crippen LogP contribution in [0.15, 0.2) is 35.0 Å². The molecule has 0 unspecified atom stereocenters. The first kappa shape index (κ1) is 16.9. The summed E-state index contributed by atoms with van der Waals surface area (Å²) in [6, 6.07) is 7.24. The van der Waals surface area contributed by atoms with E-state index in [1.54, 1.807) is 18.2 Å². The lowest BCUT2D eigenvalue weighted by Crippen LogP contribution is -2.46. The van der Waals surface area contributed by atoms with Crippen molar-refractivity contribution in [1.29, 1.82) is 0 Å². The van der Waals surface area contributed by atoms with Gasteiger partial charge >= 0.3 is 0 Å². The predicted octanol–water partition coefficient (Wildman–Crippen LogP) is 2.55. The number of hydrogen-bond donors (Lipinski definition) is 1. The van der Waals surface area contributed by atoms with E-state index in [1.165, 1.54) is 11.3 Å². The molecular formula is C19H20N2O4S. The number of thiophene rings is 1. The Balaban J connectivity index is 1.34. The van der Waals surface area contributed by atoms with Crippen LogP contribution in [0.25, 0.3) is 0 Å². The standard InChI is InChI=1S/C19H20N2O4S/c22-18(14-5-10-26-12-14)20-15-3-6-21(7-4-15)19(23)13-1-2-16-17(11-13)25-9-8-24-16/h1-2,5,10-12,15H,3-4,6-9H2,(H,20,22). The van der Waals surface area contributed by atoms with Crippen LogP contribution in [-0.4, -0.2) is 49.1 Å². The number of rotatable bonds is 3. The van der Waals surface area contributed by atoms with Crippen LogP contribution in [0.2, 0.25) is 0 Å². The number of piperidine rings is 1. The maximum atomic E-state index is 12.7. The highest BCUT2D eigenvalue weighted by Crippen LogP contribution is 2.31. The zero-order chi connectivity index (χ0) is 17.9. The second kappa shape index (κ2) is 7.37. The fraction of sp³-hybridized carbons (Fsp3) is 0.368. The van der Waals surface area contributed by atoms with Crippen LogP contribution in [-0.2, 0) is 0 Å². The number of nitrogens with one attached hydrogen (secondary N) is 1. The van der Waals surface area contributed by atoms with E-state index in [0.29, 0.717) is 48.9 Å². The number of benzene rings is 1. The molecule has 26 heavy (non-hydrogen) atoms. The molecule has 1 N–H and O–H groups in total. The highest BCUT2D eigenvalue weighted by Gasteiger charge is 2.26. The van der Waals surface area contributed by atoms with Crippen molar-refractivity contribution in [2.24, 2.45) is 0 Å². The van der Waals surface area contributed by atoms with Crippen molar-refractivity contribution in [3.05, 3.63) is 46.2 Å². The van der Waals surface area contributed by atoms with Crippen molar-refractivity contribution in [2.45, 2.75) is 18.9 Å². The molecular weight excluding hydrogens is 352 g/mol. The van der Waals surface area contributed by atoms with Gasteiger partial charge < -0.3 is 19.7 Å². The molecule has 7 heteroatoms. The Labute approximate surface area is 155 Å². The zero-order valence-corrected chi connectivity index (χ0v) is 15.1. The van der Waals surface area contributed by atoms with E-state index in [2.05, 4.69) is 5.32 Å². The van der Waals surface area contributed by atoms with Crippen molar-refractivity contribution in [3.63, 3.8) is 0 Å². The third-order valence-electron chi connectivity index (χ3n) is 4.69. The zero-order valence-electron chi connectivity index (χ0n) is 14.3. The van der Waals surface area contributed by atoms with Crippen molar-refractivity contribution < 1.29 is 19.1 Å². The largest absolute Gasteiger partial charge is 0.486 e. The normalized spacial score (nSPS) is 17.0. The molecule has 0 bridgehead atoms. The van der Waals surface area contributed by atoms with Gasteiger partial charge in [0.1, 0.15) is 13.2 Å². The van der Waals surface area contributed by atoms with Gasteiger partial charge in [-0.2, -0.15) is 11.3 Å². The molecule has 136 valence electrons. The Hall–Kier alpha value is -2.54. The van der Waals surface area contributed by atoms with E-state index in [1.807, 2.05) is 21.7 Å². The predicted molar refractivity (Wildman–Crippen MR) is 98.1 cm³/mol. The van der Waals surface area contributed by atoms with E-state index in [9.17, 15) is 9.59 Å². The summed E-state index contributed by atoms with van der Waals surface area (Å²) in [6.45, 7) is 2.29. The molecule has 1 aromatic heterocycles. The van der Waals surface area contributed by atoms with E-state index < -0.39 is 0 Å². The second-order valence-electron chi connectivity index (χ2n) is 6.41. The minimum Gasteiger partial charge on any atom is -0.486 e. The SMILES string of the molecule is O=C(NC1CCN(C(=O)c2ccc3c(c2)OCCO3)CC1)c1ccsc1. The first-order chi connectivity index (χ1) is 12.7. The van der Waals surface area contributed by atoms with Gasteiger partial charge in [0.25, 0.3) is 11.8 Å². The van der Waals surface area contributed by atoms with E-state index in [-0.39, 0.29) is 17.9 Å². The van der Waals surface area contributed by atoms with Gasteiger partial charge in [0.2, 0.25) is 0 Å². The molecule has 4 rings (SSSR count). The average Bonchev–Trinajstić information content (AvgIpc) is 3.23. The number of carbonyl (C=O) groups is 2. The summed E-state index contributed by atoms with van der Waals surface area (Å²) < 4.78 is 11.1. The minimum atomic E-state index is -0.0390. The summed E-state index contributed by atoms with van der Waals surface area (Å²) in [5.74, 6) is 1.26. The third kappa shape index (κ3) is 3.53. The molecule has 2 amide bonds. The van der Waals surface area contributed by atoms with Gasteiger partial charge in [-0.1, -0.05) is 0 Å². The Morgan fingerprint density at radius 1 is 1.04 bits per heavy atom. The summed E-state index contributed by atoms with van der Waals surface area (Å²) >= 11 is 1.51. The quantitative estimate of drug-likeness (QED) is 0.899. The lowest BCUT2D eigenvalue weighted by Gasteiger charge is -2.32. The van der Waals surface area contributed by atoms with Crippen LogP contribution in [0.5, 0.6) is 11.5 Å². The molecule has 1 aromatic carbocycles. The van der Waals surface area contributed by atoms with Gasteiger partial charge in [-0.25, -0.2) is 0 Å². The average molecular weight is 372 g/mol. The molecule has 3 heterocycles. The molecule has 0 radical (unpaired) electrons. The summed E-state index contributed by atoms with van der Waals surface area (Å²) in [5, 5.41) is 6.79. The molecule has 0 saturated carbocycles. The Bertz CT molecular complexity index is 798. The number of nitrogens with zero attached hydrogens (tertiary/aromatic N) is 1. The van der Waals surface area contributed by atoms with Gasteiger partial charge in [0.05, 0.1) is 0 Å². The molecule has 6 nitrogen and oxygen atoms in total. The second-order valence-corrected chi connectivity index (χ2v) is 7.19. The molecule has 1 saturated heterocycles. The van der Waals surface area contributed by atoms with Crippen LogP contribution in [0, 0.1) is 0 Å². The minimum absolute atomic E-state index is 0.00964. The summed E-state index contributed by atoms with van der Waals surface area (Å²) in [4.78, 5) is 26.7. The number of ether oxygens (including phenoxy) is 2. The van der Waals surface area contributed by atoms with Crippen molar-refractivity contribution in [1.82, 2.24) is 10.2 Å². The Kier molecular flexibility index (Phi) is 4.79. The van der Waals surface area contributed by atoms with Gasteiger partial charge in [0.15, 0.2) is 11.5 Å². The highest BCUT2D eigenvalue weighted by molar-refractivity contribution is 7.08. The number of hydrogen-bond acceptors (Lipinski definition) is 5. The lowest BCUT2D eigenvalue weighted by atomic mass is 10.0. The van der Waals surface area contributed by atoms with Gasteiger partial charge in [-0.3, -0.25) is 9.59 Å². The molecule has 0 atom stereocenters. The summed E-state index contributed by atoms with van der Waals surface area (Å²) in [7, 11) is 0. The van der Waals surface area contributed by atoms with Crippen molar-refractivity contribution >= 4 is 23.2 Å². The molecule has 0 aliphatic carbocycles. The molecule has 2 aliphatic heterocycles. The number of carbonyl (C=O) groups excluding carboxylic acids is 2. The van der Waals surface area contributed by atoms with Crippen LogP contribution >= 0.6 is 11.3 Å². The smallest absolute Gasteiger partial charge is 0.253 e. The molecule has 2 aromatic rings. The maximum absolute atomic E-state index is 12.7. The van der Waals surface area contributed by atoms with Gasteiger partial charge in [-0.05, 0) is 42.5 Å². The molecule has 1 fully saturated rings. The van der Waals surface area contributed by atoms with E-state index in [4.69, 9.17) is 9.47 Å². The van der Waals surface area contributed by atoms with E-state index >= 15 is 0 Å². The topological polar surface area (TPSA) is 67.9 Å². The fourth-order valence-electron chi connectivity index (χ4n) is 3.25. The lowest BCUT2D eigenvalue weighted by molar-refractivity contribution is 0.0697. The Morgan fingerprint density at radius 3 is 2.54 bits per heavy atom. The van der Waals surface area contributed by atoms with Gasteiger partial charge in [-0.15, -0.1) is 0 Å². The first-order valence-corrected chi connectivity index (χ1v) is 9.67. The van der Waals surface area contributed by atoms with Gasteiger partial charge in [0, 0.05) is 35.6 Å². The highest BCUT2D eigenvalue weighted by atomic mass is 32.1. The van der Waals surface area contributed by atoms with Crippen LogP contribution < -0.4 is 14.8 Å². The first-order valence-electron chi connectivity index (χ1n) is 8.73. The number of amides is 2. The van der Waals surface area contributed by atoms with Crippen LogP contribution in [0.1, 0.15) is 33.6 Å². The number of likely N-dealkylation sites (tertiary alicyclic amines) is 1. The van der Waals surface area contributed by atoms with Crippen LogP contribution in [0.4, 0.5) is 0 Å². The van der Waals surface area contributed by atoms with Crippen molar-refractivity contribution in [2.75, 3.05) is 26.3 Å². The Morgan fingerprint density at radius 2 is 1.81 bits per heavy atom. The number of fused-ring (bicyclic) bond motifs is 1.